The van der Waals surface area contributed by atoms with E-state index < -0.39 is 11.6 Å². The topological polar surface area (TPSA) is 70.6 Å². The number of aromatic carboxylic acids is 1. The highest BCUT2D eigenvalue weighted by atomic mass is 35.5. The first-order valence-corrected chi connectivity index (χ1v) is 12.3. The number of nitrogens with one attached hydrogen (secondary N) is 2. The minimum absolute atomic E-state index is 0.125. The molecule has 3 aromatic carbocycles. The van der Waals surface area contributed by atoms with Crippen LogP contribution in [-0.2, 0) is 5.66 Å². The highest BCUT2D eigenvalue weighted by Gasteiger charge is 2.48. The van der Waals surface area contributed by atoms with Gasteiger partial charge in [-0.3, -0.25) is 0 Å². The number of hydrogen-bond acceptors (Lipinski definition) is 4. The van der Waals surface area contributed by atoms with Gasteiger partial charge in [0.25, 0.3) is 0 Å². The molecule has 1 aliphatic heterocycles. The fourth-order valence-electron chi connectivity index (χ4n) is 5.44. The van der Waals surface area contributed by atoms with Gasteiger partial charge in [-0.1, -0.05) is 55.1 Å². The molecule has 2 aliphatic rings. The molecule has 0 radical (unpaired) electrons. The van der Waals surface area contributed by atoms with Crippen LogP contribution in [0.2, 0.25) is 5.02 Å². The fourth-order valence-corrected chi connectivity index (χ4v) is 5.57. The Morgan fingerprint density at radius 1 is 0.941 bits per heavy atom. The molecule has 1 fully saturated rings. The predicted molar refractivity (Wildman–Crippen MR) is 136 cm³/mol. The number of para-hydroxylation sites is 2. The molecular weight excluding hydrogens is 448 g/mol. The van der Waals surface area contributed by atoms with Gasteiger partial charge in [-0.2, -0.15) is 0 Å². The summed E-state index contributed by atoms with van der Waals surface area (Å²) in [5.41, 5.74) is 2.97. The average molecular weight is 477 g/mol. The van der Waals surface area contributed by atoms with Crippen molar-refractivity contribution in [3.05, 3.63) is 88.9 Å². The lowest BCUT2D eigenvalue weighted by molar-refractivity contribution is 0.0697. The first-order valence-electron chi connectivity index (χ1n) is 11.9. The van der Waals surface area contributed by atoms with Crippen molar-refractivity contribution >= 4 is 28.9 Å². The molecule has 0 bridgehead atoms. The van der Waals surface area contributed by atoms with Crippen molar-refractivity contribution < 1.29 is 14.6 Å². The van der Waals surface area contributed by atoms with Crippen LogP contribution in [0.4, 0.5) is 11.4 Å². The molecule has 6 heteroatoms. The first kappa shape index (κ1) is 22.6. The van der Waals surface area contributed by atoms with Crippen LogP contribution >= 0.6 is 11.6 Å². The summed E-state index contributed by atoms with van der Waals surface area (Å²) >= 11 is 6.25. The van der Waals surface area contributed by atoms with Crippen LogP contribution in [0.3, 0.4) is 0 Å². The standard InChI is InChI=1S/C28H29ClN2O3/c29-22-14-12-21(13-15-22)28(30-25-8-4-5-9-26(25)31-28)24(19-6-2-1-3-7-19)18-34-23-16-10-20(11-17-23)27(32)33/h4-5,8-17,19,24,30-31H,1-3,6-7,18H2,(H,32,33). The number of carbonyl (C=O) groups is 1. The van der Waals surface area contributed by atoms with E-state index in [0.29, 0.717) is 23.3 Å². The maximum Gasteiger partial charge on any atom is 0.335 e. The zero-order chi connectivity index (χ0) is 23.5. The Bertz CT molecular complexity index is 1120. The molecule has 0 spiro atoms. The molecule has 1 atom stereocenters. The van der Waals surface area contributed by atoms with Gasteiger partial charge in [-0.25, -0.2) is 4.79 Å². The maximum absolute atomic E-state index is 11.2. The molecule has 1 saturated carbocycles. The summed E-state index contributed by atoms with van der Waals surface area (Å²) in [7, 11) is 0. The number of anilines is 2. The van der Waals surface area contributed by atoms with E-state index in [0.717, 1.165) is 29.8 Å². The smallest absolute Gasteiger partial charge is 0.335 e. The largest absolute Gasteiger partial charge is 0.493 e. The number of hydrogen-bond donors (Lipinski definition) is 3. The number of ether oxygens (including phenoxy) is 1. The van der Waals surface area contributed by atoms with Crippen molar-refractivity contribution in [2.24, 2.45) is 11.8 Å². The molecule has 0 amide bonds. The number of halogens is 1. The Morgan fingerprint density at radius 2 is 1.56 bits per heavy atom. The van der Waals surface area contributed by atoms with Gasteiger partial charge < -0.3 is 20.5 Å². The molecule has 176 valence electrons. The minimum atomic E-state index is -0.939. The van der Waals surface area contributed by atoms with E-state index in [-0.39, 0.29) is 11.5 Å². The number of carboxylic acid groups (broad SMARTS) is 1. The van der Waals surface area contributed by atoms with Crippen LogP contribution in [-0.4, -0.2) is 17.7 Å². The van der Waals surface area contributed by atoms with Crippen LogP contribution < -0.4 is 15.4 Å². The molecule has 5 nitrogen and oxygen atoms in total. The first-order chi connectivity index (χ1) is 16.5. The monoisotopic (exact) mass is 476 g/mol. The Morgan fingerprint density at radius 3 is 2.15 bits per heavy atom. The molecule has 3 N–H and O–H groups in total. The summed E-state index contributed by atoms with van der Waals surface area (Å²) in [5, 5.41) is 17.6. The van der Waals surface area contributed by atoms with Gasteiger partial charge >= 0.3 is 5.97 Å². The number of rotatable bonds is 7. The third-order valence-electron chi connectivity index (χ3n) is 7.20. The van der Waals surface area contributed by atoms with Crippen molar-refractivity contribution in [1.29, 1.82) is 0 Å². The highest BCUT2D eigenvalue weighted by Crippen LogP contribution is 2.48. The summed E-state index contributed by atoms with van der Waals surface area (Å²) in [6.07, 6.45) is 6.02. The van der Waals surface area contributed by atoms with E-state index in [1.807, 2.05) is 24.3 Å². The van der Waals surface area contributed by atoms with Gasteiger partial charge in [0, 0.05) is 10.9 Å². The van der Waals surface area contributed by atoms with Crippen LogP contribution in [0.15, 0.2) is 72.8 Å². The van der Waals surface area contributed by atoms with Gasteiger partial charge in [-0.05, 0) is 72.9 Å². The Hall–Kier alpha value is -3.18. The van der Waals surface area contributed by atoms with E-state index in [9.17, 15) is 9.90 Å². The minimum Gasteiger partial charge on any atom is -0.493 e. The lowest BCUT2D eigenvalue weighted by Gasteiger charge is -2.44. The average Bonchev–Trinajstić information content (AvgIpc) is 3.26. The quantitative estimate of drug-likeness (QED) is 0.342. The van der Waals surface area contributed by atoms with Crippen molar-refractivity contribution in [2.75, 3.05) is 17.2 Å². The summed E-state index contributed by atoms with van der Waals surface area (Å²) in [4.78, 5) is 11.2. The molecule has 1 aliphatic carbocycles. The molecule has 5 rings (SSSR count). The van der Waals surface area contributed by atoms with E-state index in [1.54, 1.807) is 24.3 Å². The predicted octanol–water partition coefficient (Wildman–Crippen LogP) is 7.00. The second-order valence-corrected chi connectivity index (χ2v) is 9.69. The Labute approximate surface area is 205 Å². The van der Waals surface area contributed by atoms with Crippen molar-refractivity contribution in [1.82, 2.24) is 0 Å². The second kappa shape index (κ2) is 9.59. The normalized spacial score (nSPS) is 17.8. The fraction of sp³-hybridized carbons (Fsp3) is 0.321. The lowest BCUT2D eigenvalue weighted by Crippen LogP contribution is -2.51. The number of benzene rings is 3. The van der Waals surface area contributed by atoms with Crippen LogP contribution in [0.25, 0.3) is 0 Å². The van der Waals surface area contributed by atoms with Gasteiger partial charge in [0.2, 0.25) is 0 Å². The molecular formula is C28H29ClN2O3. The maximum atomic E-state index is 11.2. The zero-order valence-electron chi connectivity index (χ0n) is 19.0. The van der Waals surface area contributed by atoms with Crippen molar-refractivity contribution in [3.8, 4) is 5.75 Å². The third-order valence-corrected chi connectivity index (χ3v) is 7.45. The molecule has 3 aromatic rings. The second-order valence-electron chi connectivity index (χ2n) is 9.26. The van der Waals surface area contributed by atoms with Gasteiger partial charge in [0.15, 0.2) is 0 Å². The van der Waals surface area contributed by atoms with Gasteiger partial charge in [-0.15, -0.1) is 0 Å². The summed E-state index contributed by atoms with van der Waals surface area (Å²) in [6.45, 7) is 0.494. The molecule has 0 saturated heterocycles. The zero-order valence-corrected chi connectivity index (χ0v) is 19.7. The lowest BCUT2D eigenvalue weighted by atomic mass is 9.72. The summed E-state index contributed by atoms with van der Waals surface area (Å²) in [6, 6.07) is 23.0. The van der Waals surface area contributed by atoms with Crippen molar-refractivity contribution in [3.63, 3.8) is 0 Å². The highest BCUT2D eigenvalue weighted by molar-refractivity contribution is 6.30. The van der Waals surface area contributed by atoms with Crippen LogP contribution in [0.1, 0.15) is 48.0 Å². The number of carboxylic acids is 1. The van der Waals surface area contributed by atoms with Crippen LogP contribution in [0.5, 0.6) is 5.75 Å². The van der Waals surface area contributed by atoms with Crippen LogP contribution in [0, 0.1) is 11.8 Å². The summed E-state index contributed by atoms with van der Waals surface area (Å²) < 4.78 is 6.34. The molecule has 0 aromatic heterocycles. The Kier molecular flexibility index (Phi) is 6.38. The summed E-state index contributed by atoms with van der Waals surface area (Å²) in [5.74, 6) is 0.329. The molecule has 34 heavy (non-hydrogen) atoms. The Balaban J connectivity index is 1.51. The van der Waals surface area contributed by atoms with Crippen molar-refractivity contribution in [2.45, 2.75) is 37.8 Å². The van der Waals surface area contributed by atoms with Gasteiger partial charge in [0.1, 0.15) is 11.4 Å². The molecule has 1 heterocycles. The van der Waals surface area contributed by atoms with E-state index in [1.165, 1.54) is 19.3 Å². The van der Waals surface area contributed by atoms with E-state index >= 15 is 0 Å². The molecule has 1 unspecified atom stereocenters. The number of fused-ring (bicyclic) bond motifs is 1. The third kappa shape index (κ3) is 4.45. The van der Waals surface area contributed by atoms with E-state index in [4.69, 9.17) is 16.3 Å². The van der Waals surface area contributed by atoms with E-state index in [2.05, 4.69) is 34.9 Å². The SMILES string of the molecule is O=C(O)c1ccc(OCC(C2CCCCC2)C2(c3ccc(Cl)cc3)Nc3ccccc3N2)cc1. The van der Waals surface area contributed by atoms with Gasteiger partial charge in [0.05, 0.1) is 23.5 Å².